The van der Waals surface area contributed by atoms with Crippen LogP contribution in [0.4, 0.5) is 0 Å². The molecule has 0 fully saturated rings. The predicted octanol–water partition coefficient (Wildman–Crippen LogP) is 2.36. The molecule has 0 saturated heterocycles. The minimum Gasteiger partial charge on any atom is -0.317 e. The molecular formula is C12H15N3S. The third-order valence-electron chi connectivity index (χ3n) is 2.48. The Labute approximate surface area is 99.6 Å². The zero-order valence-corrected chi connectivity index (χ0v) is 10.3. The quantitative estimate of drug-likeness (QED) is 0.881. The molecule has 0 spiro atoms. The van der Waals surface area contributed by atoms with Gasteiger partial charge >= 0.3 is 0 Å². The van der Waals surface area contributed by atoms with E-state index in [-0.39, 0.29) is 0 Å². The minimum atomic E-state index is 0.491. The minimum absolute atomic E-state index is 0.491. The van der Waals surface area contributed by atoms with Crippen LogP contribution in [0.3, 0.4) is 0 Å². The monoisotopic (exact) mass is 233 g/mol. The highest BCUT2D eigenvalue weighted by Gasteiger charge is 2.06. The Bertz CT molecular complexity index is 439. The van der Waals surface area contributed by atoms with E-state index in [1.54, 1.807) is 23.7 Å². The van der Waals surface area contributed by atoms with Crippen molar-refractivity contribution in [3.05, 3.63) is 35.6 Å². The van der Waals surface area contributed by atoms with Crippen molar-refractivity contribution in [1.82, 2.24) is 15.3 Å². The first-order chi connectivity index (χ1) is 7.79. The van der Waals surface area contributed by atoms with E-state index in [1.807, 2.05) is 25.4 Å². The maximum atomic E-state index is 4.44. The Hall–Kier alpha value is -1.26. The molecule has 3 nitrogen and oxygen atoms in total. The first-order valence-electron chi connectivity index (χ1n) is 5.32. The molecule has 0 amide bonds. The van der Waals surface area contributed by atoms with Crippen molar-refractivity contribution in [2.75, 3.05) is 7.05 Å². The van der Waals surface area contributed by atoms with Gasteiger partial charge in [-0.05, 0) is 32.5 Å². The lowest BCUT2D eigenvalue weighted by atomic mass is 10.2. The van der Waals surface area contributed by atoms with E-state index >= 15 is 0 Å². The lowest BCUT2D eigenvalue weighted by molar-refractivity contribution is 0.612. The van der Waals surface area contributed by atoms with Gasteiger partial charge in [-0.3, -0.25) is 4.98 Å². The largest absolute Gasteiger partial charge is 0.317 e. The van der Waals surface area contributed by atoms with Gasteiger partial charge in [-0.15, -0.1) is 11.3 Å². The van der Waals surface area contributed by atoms with Gasteiger partial charge in [0.05, 0.1) is 0 Å². The third-order valence-corrected chi connectivity index (χ3v) is 3.55. The molecule has 4 heteroatoms. The van der Waals surface area contributed by atoms with Gasteiger partial charge in [0.2, 0.25) is 0 Å². The van der Waals surface area contributed by atoms with Crippen molar-refractivity contribution < 1.29 is 0 Å². The van der Waals surface area contributed by atoms with Crippen molar-refractivity contribution in [1.29, 1.82) is 0 Å². The molecule has 2 rings (SSSR count). The van der Waals surface area contributed by atoms with Crippen LogP contribution in [-0.4, -0.2) is 23.1 Å². The number of pyridine rings is 1. The lowest BCUT2D eigenvalue weighted by Gasteiger charge is -2.06. The van der Waals surface area contributed by atoms with Crippen LogP contribution in [-0.2, 0) is 6.42 Å². The molecule has 2 heterocycles. The fraction of sp³-hybridized carbons (Fsp3) is 0.333. The summed E-state index contributed by atoms with van der Waals surface area (Å²) < 4.78 is 0. The number of nitrogens with one attached hydrogen (secondary N) is 1. The summed E-state index contributed by atoms with van der Waals surface area (Å²) in [6, 6.07) is 4.47. The van der Waals surface area contributed by atoms with E-state index in [4.69, 9.17) is 0 Å². The Kier molecular flexibility index (Phi) is 3.64. The van der Waals surface area contributed by atoms with E-state index in [2.05, 4.69) is 22.2 Å². The predicted molar refractivity (Wildman–Crippen MR) is 67.6 cm³/mol. The molecule has 0 bridgehead atoms. The Morgan fingerprint density at radius 2 is 2.12 bits per heavy atom. The molecule has 0 aliphatic carbocycles. The normalized spacial score (nSPS) is 12.6. The summed E-state index contributed by atoms with van der Waals surface area (Å²) in [7, 11) is 1.98. The topological polar surface area (TPSA) is 37.8 Å². The summed E-state index contributed by atoms with van der Waals surface area (Å²) in [4.78, 5) is 9.76. The summed E-state index contributed by atoms with van der Waals surface area (Å²) in [5.41, 5.74) is 1.14. The van der Waals surface area contributed by atoms with Crippen molar-refractivity contribution in [2.45, 2.75) is 19.4 Å². The Balaban J connectivity index is 2.14. The number of likely N-dealkylation sites (N-methyl/N-ethyl adjacent to an activating group) is 1. The first kappa shape index (κ1) is 11.2. The van der Waals surface area contributed by atoms with Gasteiger partial charge in [0.1, 0.15) is 5.01 Å². The van der Waals surface area contributed by atoms with E-state index in [0.29, 0.717) is 6.04 Å². The van der Waals surface area contributed by atoms with Crippen molar-refractivity contribution in [3.8, 4) is 10.6 Å². The molecule has 2 aromatic heterocycles. The van der Waals surface area contributed by atoms with Crippen LogP contribution in [0.2, 0.25) is 0 Å². The van der Waals surface area contributed by atoms with Crippen LogP contribution >= 0.6 is 11.3 Å². The molecule has 0 radical (unpaired) electrons. The van der Waals surface area contributed by atoms with Gasteiger partial charge in [0, 0.05) is 35.1 Å². The van der Waals surface area contributed by atoms with E-state index in [0.717, 1.165) is 17.0 Å². The fourth-order valence-corrected chi connectivity index (χ4v) is 2.48. The van der Waals surface area contributed by atoms with Crippen LogP contribution in [0.25, 0.3) is 10.6 Å². The fourth-order valence-electron chi connectivity index (χ4n) is 1.43. The van der Waals surface area contributed by atoms with Crippen LogP contribution in [0.15, 0.2) is 30.7 Å². The molecule has 84 valence electrons. The van der Waals surface area contributed by atoms with E-state index in [9.17, 15) is 0 Å². The summed E-state index contributed by atoms with van der Waals surface area (Å²) in [6.45, 7) is 2.17. The first-order valence-corrected chi connectivity index (χ1v) is 6.13. The second-order valence-electron chi connectivity index (χ2n) is 3.76. The zero-order chi connectivity index (χ0) is 11.4. The molecular weight excluding hydrogens is 218 g/mol. The molecule has 1 N–H and O–H groups in total. The van der Waals surface area contributed by atoms with Gasteiger partial charge in [0.15, 0.2) is 0 Å². The maximum absolute atomic E-state index is 4.44. The SMILES string of the molecule is CNC(C)Cc1cnc(-c2ccncc2)s1. The number of aromatic nitrogens is 2. The highest BCUT2D eigenvalue weighted by Crippen LogP contribution is 2.25. The van der Waals surface area contributed by atoms with Crippen LogP contribution < -0.4 is 5.32 Å². The van der Waals surface area contributed by atoms with Crippen molar-refractivity contribution in [3.63, 3.8) is 0 Å². The van der Waals surface area contributed by atoms with E-state index in [1.165, 1.54) is 4.88 Å². The van der Waals surface area contributed by atoms with Gasteiger partial charge in [-0.1, -0.05) is 0 Å². The molecule has 1 atom stereocenters. The van der Waals surface area contributed by atoms with Crippen LogP contribution in [0.5, 0.6) is 0 Å². The lowest BCUT2D eigenvalue weighted by Crippen LogP contribution is -2.22. The number of hydrogen-bond acceptors (Lipinski definition) is 4. The summed E-state index contributed by atoms with van der Waals surface area (Å²) in [5, 5.41) is 4.30. The Morgan fingerprint density at radius 1 is 1.38 bits per heavy atom. The van der Waals surface area contributed by atoms with Crippen molar-refractivity contribution >= 4 is 11.3 Å². The van der Waals surface area contributed by atoms with Crippen LogP contribution in [0.1, 0.15) is 11.8 Å². The van der Waals surface area contributed by atoms with Crippen molar-refractivity contribution in [2.24, 2.45) is 0 Å². The average Bonchev–Trinajstić information content (AvgIpc) is 2.78. The summed E-state index contributed by atoms with van der Waals surface area (Å²) >= 11 is 1.75. The van der Waals surface area contributed by atoms with Gasteiger partial charge < -0.3 is 5.32 Å². The van der Waals surface area contributed by atoms with Crippen LogP contribution in [0, 0.1) is 0 Å². The number of nitrogens with zero attached hydrogens (tertiary/aromatic N) is 2. The standard InChI is InChI=1S/C12H15N3S/c1-9(13-2)7-11-8-15-12(16-11)10-3-5-14-6-4-10/h3-6,8-9,13H,7H2,1-2H3. The summed E-state index contributed by atoms with van der Waals surface area (Å²) in [6.07, 6.45) is 6.59. The molecule has 16 heavy (non-hydrogen) atoms. The average molecular weight is 233 g/mol. The zero-order valence-electron chi connectivity index (χ0n) is 9.47. The smallest absolute Gasteiger partial charge is 0.123 e. The molecule has 0 aromatic carbocycles. The molecule has 2 aromatic rings. The number of rotatable bonds is 4. The molecule has 0 saturated carbocycles. The van der Waals surface area contributed by atoms with Gasteiger partial charge in [-0.25, -0.2) is 4.98 Å². The Morgan fingerprint density at radius 3 is 2.81 bits per heavy atom. The maximum Gasteiger partial charge on any atom is 0.123 e. The number of thiazole rings is 1. The number of hydrogen-bond donors (Lipinski definition) is 1. The van der Waals surface area contributed by atoms with Gasteiger partial charge in [-0.2, -0.15) is 0 Å². The highest BCUT2D eigenvalue weighted by molar-refractivity contribution is 7.15. The molecule has 0 aliphatic heterocycles. The summed E-state index contributed by atoms with van der Waals surface area (Å²) in [5.74, 6) is 0. The molecule has 1 unspecified atom stereocenters. The molecule has 0 aliphatic rings. The highest BCUT2D eigenvalue weighted by atomic mass is 32.1. The van der Waals surface area contributed by atoms with Gasteiger partial charge in [0.25, 0.3) is 0 Å². The van der Waals surface area contributed by atoms with E-state index < -0.39 is 0 Å². The third kappa shape index (κ3) is 2.65. The second-order valence-corrected chi connectivity index (χ2v) is 4.88. The second kappa shape index (κ2) is 5.18.